The Morgan fingerprint density at radius 1 is 0.970 bits per heavy atom. The number of piperazine rings is 1. The van der Waals surface area contributed by atoms with Gasteiger partial charge in [0, 0.05) is 13.1 Å². The molecule has 2 unspecified atom stereocenters. The van der Waals surface area contributed by atoms with E-state index < -0.39 is 5.60 Å². The maximum Gasteiger partial charge on any atom is 0.254 e. The van der Waals surface area contributed by atoms with Gasteiger partial charge in [0.1, 0.15) is 5.60 Å². The number of benzene rings is 1. The number of aliphatic hydroxyl groups is 1. The normalized spacial score (nSPS) is 29.5. The van der Waals surface area contributed by atoms with E-state index in [-0.39, 0.29) is 36.4 Å². The average Bonchev–Trinajstić information content (AvgIpc) is 3.33. The SMILES string of the molecule is O=C(Cc1ccc(Cl)c(Cl)c1)N1CCN(C(=O)C2(O)CCC2)C2COCC(N3CCCC3)[C@H]21. The summed E-state index contributed by atoms with van der Waals surface area (Å²) >= 11 is 12.2. The number of nitrogens with zero attached hydrogens (tertiary/aromatic N) is 3. The summed E-state index contributed by atoms with van der Waals surface area (Å²) in [5.74, 6) is -0.185. The first-order chi connectivity index (χ1) is 15.9. The summed E-state index contributed by atoms with van der Waals surface area (Å²) in [6.45, 7) is 3.74. The zero-order valence-corrected chi connectivity index (χ0v) is 20.2. The van der Waals surface area contributed by atoms with Crippen LogP contribution >= 0.6 is 23.2 Å². The minimum absolute atomic E-state index is 0.0175. The Balaban J connectivity index is 1.41. The van der Waals surface area contributed by atoms with E-state index in [1.165, 1.54) is 0 Å². The van der Waals surface area contributed by atoms with Gasteiger partial charge < -0.3 is 19.6 Å². The van der Waals surface area contributed by atoms with Gasteiger partial charge in [-0.05, 0) is 62.9 Å². The highest BCUT2D eigenvalue weighted by Crippen LogP contribution is 2.37. The molecule has 9 heteroatoms. The highest BCUT2D eigenvalue weighted by molar-refractivity contribution is 6.42. The number of fused-ring (bicyclic) bond motifs is 1. The maximum absolute atomic E-state index is 13.6. The van der Waals surface area contributed by atoms with Crippen LogP contribution in [0.3, 0.4) is 0 Å². The third kappa shape index (κ3) is 4.39. The standard InChI is InChI=1S/C24H31Cl2N3O4/c25-17-5-4-16(12-18(17)26)13-21(30)29-11-10-28(23(31)24(32)6-3-7-24)20-15-33-14-19(22(20)29)27-8-1-2-9-27/h4-5,12,19-20,22,32H,1-3,6-11,13-15H2/t19?,20?,22-/m1/s1. The third-order valence-electron chi connectivity index (χ3n) is 7.82. The molecule has 0 bridgehead atoms. The monoisotopic (exact) mass is 495 g/mol. The number of halogens is 2. The third-order valence-corrected chi connectivity index (χ3v) is 8.56. The Labute approximate surface area is 204 Å². The van der Waals surface area contributed by atoms with Crippen LogP contribution < -0.4 is 0 Å². The molecule has 3 saturated heterocycles. The van der Waals surface area contributed by atoms with Gasteiger partial charge in [-0.15, -0.1) is 0 Å². The largest absolute Gasteiger partial charge is 0.380 e. The molecule has 0 radical (unpaired) electrons. The van der Waals surface area contributed by atoms with Gasteiger partial charge in [0.25, 0.3) is 5.91 Å². The zero-order chi connectivity index (χ0) is 23.2. The van der Waals surface area contributed by atoms with Crippen molar-refractivity contribution in [3.63, 3.8) is 0 Å². The molecule has 7 nitrogen and oxygen atoms in total. The van der Waals surface area contributed by atoms with E-state index in [1.807, 2.05) is 11.0 Å². The van der Waals surface area contributed by atoms with Crippen molar-refractivity contribution < 1.29 is 19.4 Å². The van der Waals surface area contributed by atoms with Gasteiger partial charge in [-0.1, -0.05) is 29.3 Å². The van der Waals surface area contributed by atoms with Crippen LogP contribution in [0.2, 0.25) is 10.0 Å². The molecule has 1 aliphatic carbocycles. The number of hydrogen-bond donors (Lipinski definition) is 1. The van der Waals surface area contributed by atoms with E-state index in [9.17, 15) is 14.7 Å². The van der Waals surface area contributed by atoms with Crippen LogP contribution in [0.4, 0.5) is 0 Å². The van der Waals surface area contributed by atoms with Gasteiger partial charge in [-0.3, -0.25) is 14.5 Å². The quantitative estimate of drug-likeness (QED) is 0.693. The Kier molecular flexibility index (Phi) is 6.62. The molecule has 4 aliphatic rings. The second kappa shape index (κ2) is 9.34. The number of hydrogen-bond acceptors (Lipinski definition) is 5. The average molecular weight is 496 g/mol. The fourth-order valence-corrected chi connectivity index (χ4v) is 6.16. The van der Waals surface area contributed by atoms with E-state index in [0.29, 0.717) is 49.2 Å². The summed E-state index contributed by atoms with van der Waals surface area (Å²) in [4.78, 5) is 33.0. The molecule has 1 aromatic carbocycles. The molecule has 33 heavy (non-hydrogen) atoms. The number of likely N-dealkylation sites (tertiary alicyclic amines) is 1. The Morgan fingerprint density at radius 3 is 2.33 bits per heavy atom. The Hall–Kier alpha value is -1.38. The van der Waals surface area contributed by atoms with Gasteiger partial charge in [0.15, 0.2) is 0 Å². The van der Waals surface area contributed by atoms with Crippen molar-refractivity contribution in [1.82, 2.24) is 14.7 Å². The first kappa shape index (κ1) is 23.4. The van der Waals surface area contributed by atoms with Gasteiger partial charge in [0.2, 0.25) is 5.91 Å². The molecule has 4 fully saturated rings. The summed E-state index contributed by atoms with van der Waals surface area (Å²) in [7, 11) is 0. The van der Waals surface area contributed by atoms with Crippen molar-refractivity contribution in [2.75, 3.05) is 39.4 Å². The van der Waals surface area contributed by atoms with Crippen molar-refractivity contribution in [3.8, 4) is 0 Å². The van der Waals surface area contributed by atoms with Crippen LogP contribution in [0.5, 0.6) is 0 Å². The van der Waals surface area contributed by atoms with E-state index in [0.717, 1.165) is 37.9 Å². The first-order valence-corrected chi connectivity index (χ1v) is 12.7. The summed E-state index contributed by atoms with van der Waals surface area (Å²) in [6.07, 6.45) is 4.38. The van der Waals surface area contributed by atoms with Gasteiger partial charge >= 0.3 is 0 Å². The number of rotatable bonds is 4. The number of amides is 2. The molecule has 180 valence electrons. The lowest BCUT2D eigenvalue weighted by Crippen LogP contribution is -2.74. The van der Waals surface area contributed by atoms with Crippen LogP contribution in [0.15, 0.2) is 18.2 Å². The topological polar surface area (TPSA) is 73.3 Å². The molecule has 0 aromatic heterocycles. The van der Waals surface area contributed by atoms with E-state index in [1.54, 1.807) is 17.0 Å². The lowest BCUT2D eigenvalue weighted by atomic mass is 9.78. The minimum Gasteiger partial charge on any atom is -0.380 e. The molecule has 3 aliphatic heterocycles. The molecule has 3 heterocycles. The van der Waals surface area contributed by atoms with Crippen molar-refractivity contribution >= 4 is 35.0 Å². The van der Waals surface area contributed by atoms with Crippen molar-refractivity contribution in [2.45, 2.75) is 62.3 Å². The van der Waals surface area contributed by atoms with Crippen LogP contribution in [-0.2, 0) is 20.7 Å². The number of ether oxygens (including phenoxy) is 1. The number of carbonyl (C=O) groups excluding carboxylic acids is 2. The van der Waals surface area contributed by atoms with E-state index in [2.05, 4.69) is 4.90 Å². The second-order valence-corrected chi connectivity index (χ2v) is 10.6. The lowest BCUT2D eigenvalue weighted by Gasteiger charge is -2.55. The lowest BCUT2D eigenvalue weighted by molar-refractivity contribution is -0.180. The molecule has 5 rings (SSSR count). The van der Waals surface area contributed by atoms with Crippen molar-refractivity contribution in [2.24, 2.45) is 0 Å². The first-order valence-electron chi connectivity index (χ1n) is 12.0. The molecular weight excluding hydrogens is 465 g/mol. The zero-order valence-electron chi connectivity index (χ0n) is 18.7. The molecule has 1 N–H and O–H groups in total. The predicted molar refractivity (Wildman–Crippen MR) is 125 cm³/mol. The molecule has 2 amide bonds. The smallest absolute Gasteiger partial charge is 0.254 e. The molecule has 3 atom stereocenters. The summed E-state index contributed by atoms with van der Waals surface area (Å²) < 4.78 is 6.00. The van der Waals surface area contributed by atoms with E-state index >= 15 is 0 Å². The summed E-state index contributed by atoms with van der Waals surface area (Å²) in [5, 5.41) is 11.7. The highest BCUT2D eigenvalue weighted by Gasteiger charge is 2.53. The predicted octanol–water partition coefficient (Wildman–Crippen LogP) is 2.35. The van der Waals surface area contributed by atoms with Crippen molar-refractivity contribution in [3.05, 3.63) is 33.8 Å². The van der Waals surface area contributed by atoms with Crippen LogP contribution in [0, 0.1) is 0 Å². The molecule has 1 saturated carbocycles. The highest BCUT2D eigenvalue weighted by atomic mass is 35.5. The fraction of sp³-hybridized carbons (Fsp3) is 0.667. The summed E-state index contributed by atoms with van der Waals surface area (Å²) in [6, 6.07) is 4.91. The maximum atomic E-state index is 13.6. The van der Waals surface area contributed by atoms with Gasteiger partial charge in [-0.2, -0.15) is 0 Å². The fourth-order valence-electron chi connectivity index (χ4n) is 5.84. The van der Waals surface area contributed by atoms with Crippen molar-refractivity contribution in [1.29, 1.82) is 0 Å². The Morgan fingerprint density at radius 2 is 1.67 bits per heavy atom. The van der Waals surface area contributed by atoms with E-state index in [4.69, 9.17) is 27.9 Å². The molecule has 1 aromatic rings. The second-order valence-electron chi connectivity index (χ2n) is 9.80. The molecule has 0 spiro atoms. The van der Waals surface area contributed by atoms with Crippen LogP contribution in [-0.4, -0.2) is 94.7 Å². The van der Waals surface area contributed by atoms with Gasteiger partial charge in [-0.25, -0.2) is 0 Å². The van der Waals surface area contributed by atoms with Crippen LogP contribution in [0.1, 0.15) is 37.7 Å². The minimum atomic E-state index is -1.25. The number of carbonyl (C=O) groups is 2. The Bertz CT molecular complexity index is 919. The summed E-state index contributed by atoms with van der Waals surface area (Å²) in [5.41, 5.74) is -0.435. The van der Waals surface area contributed by atoms with Crippen LogP contribution in [0.25, 0.3) is 0 Å². The molecular formula is C24H31Cl2N3O4. The van der Waals surface area contributed by atoms with Gasteiger partial charge in [0.05, 0.1) is 47.8 Å².